The number of rotatable bonds is 14. The van der Waals surface area contributed by atoms with E-state index in [1.807, 2.05) is 0 Å². The minimum atomic E-state index is -1.30. The molecule has 7 heteroatoms. The van der Waals surface area contributed by atoms with E-state index in [9.17, 15) is 9.18 Å². The highest BCUT2D eigenvalue weighted by atomic mass is 19.1. The molecule has 2 N–H and O–H groups in total. The maximum absolute atomic E-state index is 14.3. The lowest BCUT2D eigenvalue weighted by atomic mass is 9.95. The van der Waals surface area contributed by atoms with Crippen LogP contribution in [0.5, 0.6) is 0 Å². The van der Waals surface area contributed by atoms with E-state index in [0.717, 1.165) is 6.54 Å². The Bertz CT molecular complexity index is 384. The molecule has 0 spiro atoms. The predicted molar refractivity (Wildman–Crippen MR) is 102 cm³/mol. The van der Waals surface area contributed by atoms with Crippen molar-refractivity contribution < 1.29 is 23.4 Å². The molecule has 0 aromatic heterocycles. The Morgan fingerprint density at radius 3 is 2.04 bits per heavy atom. The van der Waals surface area contributed by atoms with Gasteiger partial charge in [0, 0.05) is 18.0 Å². The van der Waals surface area contributed by atoms with Crippen LogP contribution >= 0.6 is 0 Å². The highest BCUT2D eigenvalue weighted by Crippen LogP contribution is 2.18. The van der Waals surface area contributed by atoms with Gasteiger partial charge in [0.2, 0.25) is 5.91 Å². The number of hydrogen-bond acceptors (Lipinski definition) is 5. The van der Waals surface area contributed by atoms with Gasteiger partial charge in [-0.05, 0) is 13.8 Å². The molecule has 0 saturated heterocycles. The van der Waals surface area contributed by atoms with Crippen LogP contribution < -0.4 is 10.6 Å². The maximum Gasteiger partial charge on any atom is 0.225 e. The van der Waals surface area contributed by atoms with Gasteiger partial charge < -0.3 is 24.8 Å². The standard InChI is InChI=1S/C19H39FN2O4/c1-15(2)21-8-9-24-10-11-25-12-13-26-19(6,7)16(20)14-22-17(23)18(3,4)5/h15-16,21H,8-14H2,1-7H3,(H,22,23). The van der Waals surface area contributed by atoms with Gasteiger partial charge in [0.05, 0.1) is 45.2 Å². The average molecular weight is 379 g/mol. The van der Waals surface area contributed by atoms with Gasteiger partial charge in [-0.3, -0.25) is 4.79 Å². The van der Waals surface area contributed by atoms with E-state index in [-0.39, 0.29) is 19.1 Å². The Labute approximate surface area is 158 Å². The zero-order valence-electron chi connectivity index (χ0n) is 17.6. The Kier molecular flexibility index (Phi) is 12.2. The molecule has 0 aliphatic heterocycles. The molecule has 0 aromatic carbocycles. The van der Waals surface area contributed by atoms with Crippen molar-refractivity contribution in [3.8, 4) is 0 Å². The summed E-state index contributed by atoms with van der Waals surface area (Å²) in [5.74, 6) is -0.178. The maximum atomic E-state index is 14.3. The number of ether oxygens (including phenoxy) is 3. The number of halogens is 1. The lowest BCUT2D eigenvalue weighted by molar-refractivity contribution is -0.130. The number of carbonyl (C=O) groups is 1. The van der Waals surface area contributed by atoms with Crippen LogP contribution in [0.15, 0.2) is 0 Å². The zero-order chi connectivity index (χ0) is 20.2. The van der Waals surface area contributed by atoms with Gasteiger partial charge in [-0.2, -0.15) is 0 Å². The molecule has 1 amide bonds. The van der Waals surface area contributed by atoms with Crippen LogP contribution in [-0.2, 0) is 19.0 Å². The number of alkyl halides is 1. The third-order valence-corrected chi connectivity index (χ3v) is 3.75. The predicted octanol–water partition coefficient (Wildman–Crippen LogP) is 2.31. The highest BCUT2D eigenvalue weighted by molar-refractivity contribution is 5.81. The molecule has 0 radical (unpaired) electrons. The molecule has 6 nitrogen and oxygen atoms in total. The topological polar surface area (TPSA) is 68.8 Å². The van der Waals surface area contributed by atoms with Crippen LogP contribution in [0, 0.1) is 5.41 Å². The number of hydrogen-bond donors (Lipinski definition) is 2. The monoisotopic (exact) mass is 378 g/mol. The van der Waals surface area contributed by atoms with Gasteiger partial charge in [0.25, 0.3) is 0 Å². The summed E-state index contributed by atoms with van der Waals surface area (Å²) in [6.45, 7) is 16.0. The van der Waals surface area contributed by atoms with E-state index in [1.165, 1.54) is 0 Å². The molecule has 0 saturated carbocycles. The molecule has 0 aromatic rings. The Hall–Kier alpha value is -0.760. The first kappa shape index (κ1) is 25.2. The van der Waals surface area contributed by atoms with E-state index in [4.69, 9.17) is 14.2 Å². The second-order valence-electron chi connectivity index (χ2n) is 8.21. The van der Waals surface area contributed by atoms with E-state index in [2.05, 4.69) is 24.5 Å². The first-order chi connectivity index (χ1) is 12.0. The van der Waals surface area contributed by atoms with Gasteiger partial charge in [0.1, 0.15) is 6.17 Å². The molecular formula is C19H39FN2O4. The third kappa shape index (κ3) is 12.6. The van der Waals surface area contributed by atoms with Gasteiger partial charge in [-0.15, -0.1) is 0 Å². The SMILES string of the molecule is CC(C)NCCOCCOCCOC(C)(C)C(F)CNC(=O)C(C)(C)C. The third-order valence-electron chi connectivity index (χ3n) is 3.75. The van der Waals surface area contributed by atoms with E-state index in [1.54, 1.807) is 34.6 Å². The molecule has 0 bridgehead atoms. The summed E-state index contributed by atoms with van der Waals surface area (Å²) in [7, 11) is 0. The van der Waals surface area contributed by atoms with Crippen LogP contribution in [-0.4, -0.2) is 69.8 Å². The van der Waals surface area contributed by atoms with Crippen LogP contribution in [0.1, 0.15) is 48.5 Å². The Morgan fingerprint density at radius 1 is 0.962 bits per heavy atom. The van der Waals surface area contributed by atoms with Crippen molar-refractivity contribution in [1.29, 1.82) is 0 Å². The Balaban J connectivity index is 3.75. The molecule has 26 heavy (non-hydrogen) atoms. The molecule has 0 heterocycles. The molecule has 0 fully saturated rings. The summed E-state index contributed by atoms with van der Waals surface area (Å²) < 4.78 is 30.7. The summed E-state index contributed by atoms with van der Waals surface area (Å²) in [5, 5.41) is 5.89. The van der Waals surface area contributed by atoms with Crippen molar-refractivity contribution in [1.82, 2.24) is 10.6 Å². The molecule has 0 aliphatic carbocycles. The average Bonchev–Trinajstić information content (AvgIpc) is 2.52. The van der Waals surface area contributed by atoms with Gasteiger partial charge in [0.15, 0.2) is 0 Å². The van der Waals surface area contributed by atoms with E-state index < -0.39 is 17.2 Å². The lowest BCUT2D eigenvalue weighted by Gasteiger charge is -2.30. The van der Waals surface area contributed by atoms with Crippen LogP contribution in [0.2, 0.25) is 0 Å². The number of carbonyl (C=O) groups excluding carboxylic acids is 1. The smallest absolute Gasteiger partial charge is 0.225 e. The normalized spacial score (nSPS) is 13.9. The summed E-state index contributed by atoms with van der Waals surface area (Å²) >= 11 is 0. The quantitative estimate of drug-likeness (QED) is 0.454. The second kappa shape index (κ2) is 12.6. The molecule has 0 aliphatic rings. The Morgan fingerprint density at radius 2 is 1.50 bits per heavy atom. The number of amides is 1. The van der Waals surface area contributed by atoms with Crippen LogP contribution in [0.25, 0.3) is 0 Å². The summed E-state index contributed by atoms with van der Waals surface area (Å²) in [5.41, 5.74) is -1.53. The van der Waals surface area contributed by atoms with Crippen molar-refractivity contribution in [2.45, 2.75) is 66.3 Å². The van der Waals surface area contributed by atoms with Crippen LogP contribution in [0.4, 0.5) is 4.39 Å². The summed E-state index contributed by atoms with van der Waals surface area (Å²) in [4.78, 5) is 11.8. The first-order valence-corrected chi connectivity index (χ1v) is 9.42. The van der Waals surface area contributed by atoms with Crippen molar-refractivity contribution in [2.24, 2.45) is 5.41 Å². The van der Waals surface area contributed by atoms with Gasteiger partial charge in [-0.25, -0.2) is 4.39 Å². The van der Waals surface area contributed by atoms with Crippen molar-refractivity contribution in [2.75, 3.05) is 46.1 Å². The minimum absolute atomic E-state index is 0.0672. The number of nitrogens with one attached hydrogen (secondary N) is 2. The van der Waals surface area contributed by atoms with Crippen molar-refractivity contribution >= 4 is 5.91 Å². The highest BCUT2D eigenvalue weighted by Gasteiger charge is 2.32. The first-order valence-electron chi connectivity index (χ1n) is 9.42. The van der Waals surface area contributed by atoms with Crippen molar-refractivity contribution in [3.05, 3.63) is 0 Å². The second-order valence-corrected chi connectivity index (χ2v) is 8.21. The molecular weight excluding hydrogens is 339 g/mol. The summed E-state index contributed by atoms with van der Waals surface area (Å²) in [6, 6.07) is 0.455. The van der Waals surface area contributed by atoms with E-state index in [0.29, 0.717) is 32.5 Å². The molecule has 1 unspecified atom stereocenters. The minimum Gasteiger partial charge on any atom is -0.378 e. The van der Waals surface area contributed by atoms with Gasteiger partial charge in [-0.1, -0.05) is 34.6 Å². The largest absolute Gasteiger partial charge is 0.378 e. The molecule has 0 rings (SSSR count). The molecule has 156 valence electrons. The van der Waals surface area contributed by atoms with E-state index >= 15 is 0 Å². The van der Waals surface area contributed by atoms with Gasteiger partial charge >= 0.3 is 0 Å². The fraction of sp³-hybridized carbons (Fsp3) is 0.947. The van der Waals surface area contributed by atoms with Crippen LogP contribution in [0.3, 0.4) is 0 Å². The van der Waals surface area contributed by atoms with Crippen molar-refractivity contribution in [3.63, 3.8) is 0 Å². The fourth-order valence-electron chi connectivity index (χ4n) is 1.89. The fourth-order valence-corrected chi connectivity index (χ4v) is 1.89. The molecule has 1 atom stereocenters. The summed E-state index contributed by atoms with van der Waals surface area (Å²) in [6.07, 6.45) is -1.30. The lowest BCUT2D eigenvalue weighted by Crippen LogP contribution is -2.46. The zero-order valence-corrected chi connectivity index (χ0v) is 17.6.